The summed E-state index contributed by atoms with van der Waals surface area (Å²) < 4.78 is 0. The van der Waals surface area contributed by atoms with Crippen LogP contribution in [0.2, 0.25) is 0 Å². The van der Waals surface area contributed by atoms with Crippen molar-refractivity contribution in [3.05, 3.63) is 0 Å². The van der Waals surface area contributed by atoms with Crippen LogP contribution in [-0.4, -0.2) is 0 Å². The second-order valence-corrected chi connectivity index (χ2v) is 6.71. The van der Waals surface area contributed by atoms with E-state index in [4.69, 9.17) is 0 Å². The summed E-state index contributed by atoms with van der Waals surface area (Å²) in [6.45, 7) is 16.2. The summed E-state index contributed by atoms with van der Waals surface area (Å²) in [6, 6.07) is 0. The Kier molecular flexibility index (Phi) is 18.0. The first-order chi connectivity index (χ1) is 9.01. The molecule has 0 saturated heterocycles. The van der Waals surface area contributed by atoms with Gasteiger partial charge in [0.1, 0.15) is 0 Å². The number of hydrogen-bond donors (Lipinski definition) is 0. The highest BCUT2D eigenvalue weighted by atomic mass is 14.1. The highest BCUT2D eigenvalue weighted by molar-refractivity contribution is 4.58. The first-order valence-electron chi connectivity index (χ1n) is 9.01. The molecule has 0 fully saturated rings. The molecule has 2 unspecified atom stereocenters. The fraction of sp³-hybridized carbons (Fsp3) is 1.00. The summed E-state index contributed by atoms with van der Waals surface area (Å²) in [5.41, 5.74) is 0. The van der Waals surface area contributed by atoms with Gasteiger partial charge in [-0.1, -0.05) is 99.8 Å². The molecule has 2 atom stereocenters. The van der Waals surface area contributed by atoms with E-state index in [1.807, 2.05) is 0 Å². The van der Waals surface area contributed by atoms with E-state index in [1.54, 1.807) is 0 Å². The molecule has 19 heavy (non-hydrogen) atoms. The van der Waals surface area contributed by atoms with Gasteiger partial charge in [-0.15, -0.1) is 0 Å². The second-order valence-electron chi connectivity index (χ2n) is 6.71. The third kappa shape index (κ3) is 18.0. The fourth-order valence-corrected chi connectivity index (χ4v) is 3.04. The molecule has 0 aromatic heterocycles. The van der Waals surface area contributed by atoms with Crippen molar-refractivity contribution >= 4 is 0 Å². The molecule has 0 aromatic rings. The minimum absolute atomic E-state index is 0.946. The average molecular weight is 271 g/mol. The van der Waals surface area contributed by atoms with Gasteiger partial charge in [-0.3, -0.25) is 0 Å². The highest BCUT2D eigenvalue weighted by Crippen LogP contribution is 2.19. The fourth-order valence-electron chi connectivity index (χ4n) is 3.04. The van der Waals surface area contributed by atoms with Gasteiger partial charge in [0.05, 0.1) is 0 Å². The molecular formula is C19H42. The minimum atomic E-state index is 0.946. The zero-order valence-electron chi connectivity index (χ0n) is 15.1. The predicted molar refractivity (Wildman–Crippen MR) is 91.7 cm³/mol. The second kappa shape index (κ2) is 16.1. The van der Waals surface area contributed by atoms with Gasteiger partial charge in [-0.2, -0.15) is 0 Å². The standard InChI is InChI=1S/C11H24.C8H18/c1-5-7-10(3)9-11(4)8-6-2;1-4-6-8(3)7-5-2/h10-11H,5-9H2,1-4H3;8H,4-7H2,1-3H3. The van der Waals surface area contributed by atoms with Crippen molar-refractivity contribution in [3.63, 3.8) is 0 Å². The van der Waals surface area contributed by atoms with E-state index >= 15 is 0 Å². The zero-order chi connectivity index (χ0) is 15.1. The molecular weight excluding hydrogens is 228 g/mol. The minimum Gasteiger partial charge on any atom is -0.0654 e. The van der Waals surface area contributed by atoms with E-state index in [0.29, 0.717) is 0 Å². The maximum atomic E-state index is 2.38. The first-order valence-corrected chi connectivity index (χ1v) is 9.01. The third-order valence-electron chi connectivity index (χ3n) is 3.93. The molecule has 0 spiro atoms. The summed E-state index contributed by atoms with van der Waals surface area (Å²) in [7, 11) is 0. The molecule has 0 aromatic carbocycles. The molecule has 0 radical (unpaired) electrons. The van der Waals surface area contributed by atoms with Crippen LogP contribution in [0.1, 0.15) is 106 Å². The van der Waals surface area contributed by atoms with Crippen molar-refractivity contribution in [2.75, 3.05) is 0 Å². The van der Waals surface area contributed by atoms with Gasteiger partial charge in [-0.25, -0.2) is 0 Å². The Morgan fingerprint density at radius 2 is 0.737 bits per heavy atom. The van der Waals surface area contributed by atoms with Crippen LogP contribution in [-0.2, 0) is 0 Å². The van der Waals surface area contributed by atoms with Crippen molar-refractivity contribution < 1.29 is 0 Å². The lowest BCUT2D eigenvalue weighted by Crippen LogP contribution is -2.02. The molecule has 0 nitrogen and oxygen atoms in total. The average Bonchev–Trinajstić information content (AvgIpc) is 2.30. The Balaban J connectivity index is 0. The van der Waals surface area contributed by atoms with E-state index in [0.717, 1.165) is 17.8 Å². The van der Waals surface area contributed by atoms with E-state index in [9.17, 15) is 0 Å². The van der Waals surface area contributed by atoms with Crippen LogP contribution in [0.4, 0.5) is 0 Å². The van der Waals surface area contributed by atoms with Crippen molar-refractivity contribution in [2.45, 2.75) is 106 Å². The van der Waals surface area contributed by atoms with Crippen molar-refractivity contribution in [3.8, 4) is 0 Å². The molecule has 0 N–H and O–H groups in total. The van der Waals surface area contributed by atoms with E-state index in [1.165, 1.54) is 57.8 Å². The Bertz CT molecular complexity index is 134. The van der Waals surface area contributed by atoms with Crippen LogP contribution in [0.15, 0.2) is 0 Å². The van der Waals surface area contributed by atoms with Gasteiger partial charge in [0.15, 0.2) is 0 Å². The molecule has 0 heteroatoms. The van der Waals surface area contributed by atoms with Gasteiger partial charge in [0.2, 0.25) is 0 Å². The molecule has 0 aliphatic heterocycles. The van der Waals surface area contributed by atoms with Crippen LogP contribution in [0.25, 0.3) is 0 Å². The SMILES string of the molecule is CCCC(C)CC(C)CCC.CCCC(C)CCC. The Hall–Kier alpha value is 0. The zero-order valence-corrected chi connectivity index (χ0v) is 15.1. The van der Waals surface area contributed by atoms with E-state index in [2.05, 4.69) is 48.5 Å². The Morgan fingerprint density at radius 3 is 1.00 bits per heavy atom. The smallest absolute Gasteiger partial charge is 0.0440 e. The van der Waals surface area contributed by atoms with Crippen LogP contribution in [0, 0.1) is 17.8 Å². The lowest BCUT2D eigenvalue weighted by atomic mass is 9.91. The highest BCUT2D eigenvalue weighted by Gasteiger charge is 2.06. The van der Waals surface area contributed by atoms with Crippen LogP contribution < -0.4 is 0 Å². The Morgan fingerprint density at radius 1 is 0.474 bits per heavy atom. The molecule has 0 amide bonds. The molecule has 0 aliphatic rings. The summed E-state index contributed by atoms with van der Waals surface area (Å²) in [5, 5.41) is 0. The third-order valence-corrected chi connectivity index (χ3v) is 3.93. The van der Waals surface area contributed by atoms with Gasteiger partial charge in [-0.05, 0) is 24.2 Å². The monoisotopic (exact) mass is 270 g/mol. The van der Waals surface area contributed by atoms with Crippen LogP contribution in [0.5, 0.6) is 0 Å². The van der Waals surface area contributed by atoms with Gasteiger partial charge < -0.3 is 0 Å². The first kappa shape index (κ1) is 21.3. The predicted octanol–water partition coefficient (Wildman–Crippen LogP) is 7.47. The normalized spacial score (nSPS) is 13.9. The molecule has 0 aliphatic carbocycles. The van der Waals surface area contributed by atoms with Crippen LogP contribution >= 0.6 is 0 Å². The lowest BCUT2D eigenvalue weighted by molar-refractivity contribution is 0.373. The largest absolute Gasteiger partial charge is 0.0654 e. The molecule has 0 heterocycles. The maximum absolute atomic E-state index is 2.38. The summed E-state index contributed by atoms with van der Waals surface area (Å²) in [5.74, 6) is 2.85. The topological polar surface area (TPSA) is 0 Å². The lowest BCUT2D eigenvalue weighted by Gasteiger charge is -2.15. The summed E-state index contributed by atoms with van der Waals surface area (Å²) in [6.07, 6.45) is 12.5. The molecule has 0 saturated carbocycles. The number of rotatable bonds is 10. The van der Waals surface area contributed by atoms with Crippen molar-refractivity contribution in [2.24, 2.45) is 17.8 Å². The Labute approximate surface area is 124 Å². The summed E-state index contributed by atoms with van der Waals surface area (Å²) in [4.78, 5) is 0. The maximum Gasteiger partial charge on any atom is -0.0440 e. The quantitative estimate of drug-likeness (QED) is 0.386. The molecule has 118 valence electrons. The van der Waals surface area contributed by atoms with Gasteiger partial charge >= 0.3 is 0 Å². The van der Waals surface area contributed by atoms with E-state index < -0.39 is 0 Å². The molecule has 0 bridgehead atoms. The molecule has 0 rings (SSSR count). The summed E-state index contributed by atoms with van der Waals surface area (Å²) >= 11 is 0. The van der Waals surface area contributed by atoms with Crippen LogP contribution in [0.3, 0.4) is 0 Å². The van der Waals surface area contributed by atoms with Gasteiger partial charge in [0, 0.05) is 0 Å². The van der Waals surface area contributed by atoms with Crippen molar-refractivity contribution in [1.29, 1.82) is 0 Å². The van der Waals surface area contributed by atoms with Gasteiger partial charge in [0.25, 0.3) is 0 Å². The van der Waals surface area contributed by atoms with Crippen molar-refractivity contribution in [1.82, 2.24) is 0 Å². The number of hydrogen-bond acceptors (Lipinski definition) is 0. The van der Waals surface area contributed by atoms with E-state index in [-0.39, 0.29) is 0 Å².